The van der Waals surface area contributed by atoms with Gasteiger partial charge >= 0.3 is 0 Å². The van der Waals surface area contributed by atoms with Crippen LogP contribution < -0.4 is 10.2 Å². The lowest BCUT2D eigenvalue weighted by Crippen LogP contribution is -2.32. The molecule has 0 aliphatic carbocycles. The molecule has 4 rings (SSSR count). The van der Waals surface area contributed by atoms with Crippen LogP contribution in [0.4, 0.5) is 11.4 Å². The minimum atomic E-state index is -0.405. The molecule has 2 amide bonds. The van der Waals surface area contributed by atoms with E-state index in [1.165, 1.54) is 16.7 Å². The van der Waals surface area contributed by atoms with Gasteiger partial charge in [-0.05, 0) is 90.5 Å². The molecule has 0 radical (unpaired) electrons. The highest BCUT2D eigenvalue weighted by Crippen LogP contribution is 2.38. The average molecular weight is 561 g/mol. The van der Waals surface area contributed by atoms with Gasteiger partial charge in [0.2, 0.25) is 0 Å². The summed E-state index contributed by atoms with van der Waals surface area (Å²) in [7, 11) is 0. The van der Waals surface area contributed by atoms with Crippen LogP contribution in [0.2, 0.25) is 5.02 Å². The van der Waals surface area contributed by atoms with E-state index in [-0.39, 0.29) is 11.6 Å². The first kappa shape index (κ1) is 21.9. The molecule has 3 aromatic carbocycles. The summed E-state index contributed by atoms with van der Waals surface area (Å²) in [6.07, 6.45) is 0. The second kappa shape index (κ2) is 9.06. The summed E-state index contributed by atoms with van der Waals surface area (Å²) in [6.45, 7) is 3.88. The quantitative estimate of drug-likeness (QED) is 0.284. The van der Waals surface area contributed by atoms with Gasteiger partial charge in [-0.15, -0.1) is 0 Å². The van der Waals surface area contributed by atoms with Crippen molar-refractivity contribution < 1.29 is 9.59 Å². The van der Waals surface area contributed by atoms with Crippen molar-refractivity contribution in [1.29, 1.82) is 0 Å². The van der Waals surface area contributed by atoms with Crippen molar-refractivity contribution in [3.8, 4) is 0 Å². The number of anilines is 2. The van der Waals surface area contributed by atoms with Crippen LogP contribution in [0.15, 0.2) is 82.2 Å². The highest BCUT2D eigenvalue weighted by Gasteiger charge is 2.40. The number of hydrogen-bond donors (Lipinski definition) is 1. The third kappa shape index (κ3) is 4.66. The largest absolute Gasteiger partial charge is 0.350 e. The smallest absolute Gasteiger partial charge is 0.283 e. The van der Waals surface area contributed by atoms with Crippen molar-refractivity contribution in [2.24, 2.45) is 0 Å². The molecule has 0 unspecified atom stereocenters. The highest BCUT2D eigenvalue weighted by molar-refractivity contribution is 14.1. The molecule has 0 saturated carbocycles. The van der Waals surface area contributed by atoms with Crippen LogP contribution in [0, 0.1) is 17.4 Å². The number of imide groups is 1. The Morgan fingerprint density at radius 1 is 0.903 bits per heavy atom. The number of amides is 2. The molecular weight excluding hydrogens is 543 g/mol. The van der Waals surface area contributed by atoms with Crippen LogP contribution in [0.3, 0.4) is 0 Å². The van der Waals surface area contributed by atoms with Crippen molar-refractivity contribution in [2.75, 3.05) is 10.2 Å². The Balaban J connectivity index is 1.74. The third-order valence-electron chi connectivity index (χ3n) is 4.81. The molecule has 0 fully saturated rings. The van der Waals surface area contributed by atoms with Crippen LogP contribution in [0.25, 0.3) is 0 Å². The number of halogens is 2. The third-order valence-corrected chi connectivity index (χ3v) is 7.03. The second-order valence-electron chi connectivity index (χ2n) is 7.13. The number of rotatable bonds is 5. The minimum Gasteiger partial charge on any atom is -0.350 e. The summed E-state index contributed by atoms with van der Waals surface area (Å²) in [6, 6.07) is 20.7. The first-order valence-electron chi connectivity index (χ1n) is 9.50. The zero-order valence-corrected chi connectivity index (χ0v) is 20.5. The van der Waals surface area contributed by atoms with Gasteiger partial charge in [0.25, 0.3) is 11.8 Å². The molecule has 1 N–H and O–H groups in total. The maximum atomic E-state index is 13.4. The fraction of sp³-hybridized carbons (Fsp3) is 0.0833. The van der Waals surface area contributed by atoms with E-state index in [1.54, 1.807) is 18.2 Å². The predicted octanol–water partition coefficient (Wildman–Crippen LogP) is 6.55. The summed E-state index contributed by atoms with van der Waals surface area (Å²) in [5, 5.41) is 3.67. The Kier molecular flexibility index (Phi) is 6.41. The molecule has 0 saturated heterocycles. The summed E-state index contributed by atoms with van der Waals surface area (Å²) in [4.78, 5) is 29.2. The van der Waals surface area contributed by atoms with Crippen molar-refractivity contribution in [3.05, 3.63) is 97.1 Å². The number of thioether (sulfide) groups is 1. The van der Waals surface area contributed by atoms with Gasteiger partial charge in [0.1, 0.15) is 10.6 Å². The van der Waals surface area contributed by atoms with Crippen LogP contribution in [-0.2, 0) is 9.59 Å². The number of nitrogens with one attached hydrogen (secondary N) is 1. The van der Waals surface area contributed by atoms with Crippen molar-refractivity contribution in [2.45, 2.75) is 18.7 Å². The maximum absolute atomic E-state index is 13.4. The van der Waals surface area contributed by atoms with Gasteiger partial charge in [-0.3, -0.25) is 9.59 Å². The lowest BCUT2D eigenvalue weighted by Gasteiger charge is -2.16. The number of carbonyl (C=O) groups is 2. The van der Waals surface area contributed by atoms with Gasteiger partial charge in [-0.25, -0.2) is 4.90 Å². The van der Waals surface area contributed by atoms with Gasteiger partial charge in [-0.1, -0.05) is 47.1 Å². The Morgan fingerprint density at radius 3 is 2.23 bits per heavy atom. The average Bonchev–Trinajstić information content (AvgIpc) is 2.97. The van der Waals surface area contributed by atoms with Crippen molar-refractivity contribution in [3.63, 3.8) is 0 Å². The molecule has 0 aromatic heterocycles. The molecular formula is C24H18ClIN2O2S. The fourth-order valence-corrected chi connectivity index (χ4v) is 4.53. The molecule has 3 aromatic rings. The van der Waals surface area contributed by atoms with E-state index in [4.69, 9.17) is 11.6 Å². The van der Waals surface area contributed by atoms with Crippen LogP contribution >= 0.6 is 46.0 Å². The van der Waals surface area contributed by atoms with Gasteiger partial charge in [-0.2, -0.15) is 0 Å². The summed E-state index contributed by atoms with van der Waals surface area (Å²) in [5.41, 5.74) is 3.45. The van der Waals surface area contributed by atoms with Crippen molar-refractivity contribution in [1.82, 2.24) is 0 Å². The van der Waals surface area contributed by atoms with E-state index in [0.717, 1.165) is 25.3 Å². The summed E-state index contributed by atoms with van der Waals surface area (Å²) < 4.78 is 1.08. The SMILES string of the molecule is Cc1ccc(SC2=C(Nc3ccc(I)cc3)C(=O)N(c3ccc(C)c(Cl)c3)C2=O)cc1. The lowest BCUT2D eigenvalue weighted by molar-refractivity contribution is -0.120. The lowest BCUT2D eigenvalue weighted by atomic mass is 10.2. The second-order valence-corrected chi connectivity index (χ2v) is 9.87. The molecule has 31 heavy (non-hydrogen) atoms. The molecule has 1 aliphatic heterocycles. The first-order valence-corrected chi connectivity index (χ1v) is 11.8. The van der Waals surface area contributed by atoms with E-state index in [0.29, 0.717) is 15.6 Å². The zero-order valence-electron chi connectivity index (χ0n) is 16.8. The number of benzene rings is 3. The Morgan fingerprint density at radius 2 is 1.58 bits per heavy atom. The monoisotopic (exact) mass is 560 g/mol. The molecule has 1 aliphatic rings. The zero-order chi connectivity index (χ0) is 22.1. The van der Waals surface area contributed by atoms with Crippen LogP contribution in [0.1, 0.15) is 11.1 Å². The van der Waals surface area contributed by atoms with Gasteiger partial charge in [0.15, 0.2) is 0 Å². The standard InChI is InChI=1S/C24H18ClIN2O2S/c1-14-3-11-19(12-4-14)31-22-21(27-17-8-6-16(26)7-9-17)23(29)28(24(22)30)18-10-5-15(2)20(25)13-18/h3-13,27H,1-2H3. The van der Waals surface area contributed by atoms with Gasteiger partial charge < -0.3 is 5.32 Å². The van der Waals surface area contributed by atoms with E-state index in [1.807, 2.05) is 62.4 Å². The summed E-state index contributed by atoms with van der Waals surface area (Å²) in [5.74, 6) is -0.776. The Hall–Kier alpha value is -2.29. The Bertz CT molecular complexity index is 1140. The molecule has 4 nitrogen and oxygen atoms in total. The van der Waals surface area contributed by atoms with E-state index in [9.17, 15) is 9.59 Å². The van der Waals surface area contributed by atoms with E-state index in [2.05, 4.69) is 27.9 Å². The van der Waals surface area contributed by atoms with Crippen LogP contribution in [-0.4, -0.2) is 11.8 Å². The molecule has 156 valence electrons. The topological polar surface area (TPSA) is 49.4 Å². The predicted molar refractivity (Wildman–Crippen MR) is 136 cm³/mol. The highest BCUT2D eigenvalue weighted by atomic mass is 127. The van der Waals surface area contributed by atoms with Crippen molar-refractivity contribution >= 4 is 69.1 Å². The normalized spacial score (nSPS) is 13.9. The van der Waals surface area contributed by atoms with E-state index < -0.39 is 5.91 Å². The van der Waals surface area contributed by atoms with Gasteiger partial charge in [0.05, 0.1) is 5.69 Å². The molecule has 0 bridgehead atoms. The number of nitrogens with zero attached hydrogens (tertiary/aromatic N) is 1. The molecule has 7 heteroatoms. The van der Waals surface area contributed by atoms with Gasteiger partial charge in [0, 0.05) is 19.2 Å². The molecule has 0 spiro atoms. The fourth-order valence-electron chi connectivity index (χ4n) is 3.07. The number of carbonyl (C=O) groups excluding carboxylic acids is 2. The minimum absolute atomic E-state index is 0.258. The van der Waals surface area contributed by atoms with Crippen LogP contribution in [0.5, 0.6) is 0 Å². The first-order chi connectivity index (χ1) is 14.8. The summed E-state index contributed by atoms with van der Waals surface area (Å²) >= 11 is 9.76. The number of aryl methyl sites for hydroxylation is 2. The maximum Gasteiger partial charge on any atom is 0.283 e. The number of hydrogen-bond acceptors (Lipinski definition) is 4. The van der Waals surface area contributed by atoms with E-state index >= 15 is 0 Å². The molecule has 0 atom stereocenters. The Labute approximate surface area is 203 Å². The molecule has 1 heterocycles.